The van der Waals surface area contributed by atoms with Crippen LogP contribution < -0.4 is 5.32 Å². The van der Waals surface area contributed by atoms with Crippen molar-refractivity contribution >= 4 is 5.91 Å². The van der Waals surface area contributed by atoms with Crippen molar-refractivity contribution in [2.45, 2.75) is 32.6 Å². The molecule has 0 bridgehead atoms. The van der Waals surface area contributed by atoms with Gasteiger partial charge in [-0.05, 0) is 30.4 Å². The smallest absolute Gasteiger partial charge is 0.255 e. The van der Waals surface area contributed by atoms with Crippen LogP contribution in [-0.4, -0.2) is 17.4 Å². The quantitative estimate of drug-likeness (QED) is 0.838. The van der Waals surface area contributed by atoms with Gasteiger partial charge in [-0.3, -0.25) is 4.79 Å². The second kappa shape index (κ2) is 5.94. The minimum Gasteiger partial charge on any atom is -0.352 e. The first-order chi connectivity index (χ1) is 8.68. The lowest BCUT2D eigenvalue weighted by molar-refractivity contribution is 0.0931. The van der Waals surface area contributed by atoms with Gasteiger partial charge in [-0.1, -0.05) is 26.2 Å². The number of halogens is 1. The predicted molar refractivity (Wildman–Crippen MR) is 67.7 cm³/mol. The van der Waals surface area contributed by atoms with Crippen molar-refractivity contribution in [3.8, 4) is 0 Å². The Balaban J connectivity index is 1.90. The van der Waals surface area contributed by atoms with Crippen LogP contribution in [0, 0.1) is 17.8 Å². The third kappa shape index (κ3) is 3.06. The van der Waals surface area contributed by atoms with Gasteiger partial charge in [-0.2, -0.15) is 4.39 Å². The van der Waals surface area contributed by atoms with Crippen LogP contribution in [0.2, 0.25) is 0 Å². The zero-order valence-electron chi connectivity index (χ0n) is 10.7. The van der Waals surface area contributed by atoms with Crippen molar-refractivity contribution in [2.75, 3.05) is 6.54 Å². The van der Waals surface area contributed by atoms with Crippen molar-refractivity contribution in [1.82, 2.24) is 10.3 Å². The fourth-order valence-electron chi connectivity index (χ4n) is 2.57. The molecule has 1 fully saturated rings. The molecule has 1 aliphatic carbocycles. The Morgan fingerprint density at radius 2 is 2.28 bits per heavy atom. The SMILES string of the molecule is CC1CCCCC1CNC(=O)c1cccnc1F. The third-order valence-electron chi connectivity index (χ3n) is 3.82. The van der Waals surface area contributed by atoms with Gasteiger partial charge in [0, 0.05) is 12.7 Å². The van der Waals surface area contributed by atoms with Crippen LogP contribution in [0.15, 0.2) is 18.3 Å². The maximum Gasteiger partial charge on any atom is 0.255 e. The zero-order valence-corrected chi connectivity index (χ0v) is 10.7. The molecule has 2 rings (SSSR count). The summed E-state index contributed by atoms with van der Waals surface area (Å²) in [5, 5.41) is 2.82. The van der Waals surface area contributed by atoms with Crippen LogP contribution in [0.25, 0.3) is 0 Å². The topological polar surface area (TPSA) is 42.0 Å². The van der Waals surface area contributed by atoms with E-state index in [0.717, 1.165) is 6.42 Å². The lowest BCUT2D eigenvalue weighted by Gasteiger charge is -2.28. The van der Waals surface area contributed by atoms with E-state index in [4.69, 9.17) is 0 Å². The summed E-state index contributed by atoms with van der Waals surface area (Å²) in [6.07, 6.45) is 6.23. The molecule has 4 heteroatoms. The summed E-state index contributed by atoms with van der Waals surface area (Å²) in [4.78, 5) is 15.3. The Kier molecular flexibility index (Phi) is 4.28. The molecule has 0 spiro atoms. The van der Waals surface area contributed by atoms with Crippen LogP contribution in [0.1, 0.15) is 43.0 Å². The summed E-state index contributed by atoms with van der Waals surface area (Å²) < 4.78 is 13.3. The molecule has 1 aliphatic rings. The molecule has 0 saturated heterocycles. The number of carbonyl (C=O) groups excluding carboxylic acids is 1. The number of hydrogen-bond acceptors (Lipinski definition) is 2. The van der Waals surface area contributed by atoms with E-state index in [2.05, 4.69) is 17.2 Å². The molecule has 3 nitrogen and oxygen atoms in total. The number of aromatic nitrogens is 1. The molecule has 1 aromatic rings. The Morgan fingerprint density at radius 3 is 3.00 bits per heavy atom. The molecule has 0 radical (unpaired) electrons. The van der Waals surface area contributed by atoms with E-state index in [0.29, 0.717) is 18.4 Å². The molecule has 1 aromatic heterocycles. The van der Waals surface area contributed by atoms with E-state index in [1.807, 2.05) is 0 Å². The van der Waals surface area contributed by atoms with Gasteiger partial charge in [0.1, 0.15) is 0 Å². The summed E-state index contributed by atoms with van der Waals surface area (Å²) in [5.74, 6) is 0.0882. The molecule has 1 heterocycles. The standard InChI is InChI=1S/C14H19FN2O/c1-10-5-2-3-6-11(10)9-17-14(18)12-7-4-8-16-13(12)15/h4,7-8,10-11H,2-3,5-6,9H2,1H3,(H,17,18). The number of nitrogens with zero attached hydrogens (tertiary/aromatic N) is 1. The van der Waals surface area contributed by atoms with Crippen molar-refractivity contribution in [3.05, 3.63) is 29.8 Å². The molecule has 0 aliphatic heterocycles. The highest BCUT2D eigenvalue weighted by Gasteiger charge is 2.22. The summed E-state index contributed by atoms with van der Waals surface area (Å²) in [7, 11) is 0. The van der Waals surface area contributed by atoms with Crippen LogP contribution in [0.3, 0.4) is 0 Å². The average molecular weight is 250 g/mol. The summed E-state index contributed by atoms with van der Waals surface area (Å²) in [6.45, 7) is 2.86. The Bertz CT molecular complexity index is 422. The molecule has 1 amide bonds. The summed E-state index contributed by atoms with van der Waals surface area (Å²) in [6, 6.07) is 3.03. The highest BCUT2D eigenvalue weighted by atomic mass is 19.1. The van der Waals surface area contributed by atoms with Gasteiger partial charge in [0.25, 0.3) is 5.91 Å². The van der Waals surface area contributed by atoms with E-state index >= 15 is 0 Å². The van der Waals surface area contributed by atoms with Gasteiger partial charge < -0.3 is 5.32 Å². The molecule has 0 aromatic carbocycles. The lowest BCUT2D eigenvalue weighted by atomic mass is 9.80. The Hall–Kier alpha value is -1.45. The summed E-state index contributed by atoms with van der Waals surface area (Å²) in [5.41, 5.74) is 0.0287. The number of carbonyl (C=O) groups is 1. The fraction of sp³-hybridized carbons (Fsp3) is 0.571. The third-order valence-corrected chi connectivity index (χ3v) is 3.82. The van der Waals surface area contributed by atoms with Crippen molar-refractivity contribution < 1.29 is 9.18 Å². The monoisotopic (exact) mass is 250 g/mol. The molecular weight excluding hydrogens is 231 g/mol. The van der Waals surface area contributed by atoms with E-state index in [1.165, 1.54) is 31.5 Å². The van der Waals surface area contributed by atoms with Gasteiger partial charge in [-0.15, -0.1) is 0 Å². The Labute approximate surface area is 107 Å². The minimum absolute atomic E-state index is 0.0287. The van der Waals surface area contributed by atoms with Crippen LogP contribution in [0.4, 0.5) is 4.39 Å². The van der Waals surface area contributed by atoms with Gasteiger partial charge in [0.2, 0.25) is 5.95 Å². The van der Waals surface area contributed by atoms with E-state index in [-0.39, 0.29) is 11.5 Å². The largest absolute Gasteiger partial charge is 0.352 e. The Morgan fingerprint density at radius 1 is 1.50 bits per heavy atom. The summed E-state index contributed by atoms with van der Waals surface area (Å²) >= 11 is 0. The first-order valence-electron chi connectivity index (χ1n) is 6.57. The van der Waals surface area contributed by atoms with Gasteiger partial charge in [0.15, 0.2) is 0 Å². The van der Waals surface area contributed by atoms with E-state index in [1.54, 1.807) is 6.07 Å². The molecular formula is C14H19FN2O. The van der Waals surface area contributed by atoms with Crippen molar-refractivity contribution in [1.29, 1.82) is 0 Å². The maximum absolute atomic E-state index is 13.3. The van der Waals surface area contributed by atoms with Crippen LogP contribution in [0.5, 0.6) is 0 Å². The van der Waals surface area contributed by atoms with Gasteiger partial charge in [-0.25, -0.2) is 4.98 Å². The van der Waals surface area contributed by atoms with Crippen LogP contribution >= 0.6 is 0 Å². The molecule has 2 unspecified atom stereocenters. The van der Waals surface area contributed by atoms with E-state index < -0.39 is 5.95 Å². The highest BCUT2D eigenvalue weighted by molar-refractivity contribution is 5.94. The first-order valence-corrected chi connectivity index (χ1v) is 6.57. The minimum atomic E-state index is -0.702. The molecule has 1 N–H and O–H groups in total. The normalized spacial score (nSPS) is 23.7. The van der Waals surface area contributed by atoms with Crippen LogP contribution in [-0.2, 0) is 0 Å². The lowest BCUT2D eigenvalue weighted by Crippen LogP contribution is -2.33. The number of amides is 1. The number of pyridine rings is 1. The molecule has 18 heavy (non-hydrogen) atoms. The van der Waals surface area contributed by atoms with Crippen molar-refractivity contribution in [2.24, 2.45) is 11.8 Å². The number of nitrogens with one attached hydrogen (secondary N) is 1. The number of hydrogen-bond donors (Lipinski definition) is 1. The highest BCUT2D eigenvalue weighted by Crippen LogP contribution is 2.28. The number of rotatable bonds is 3. The van der Waals surface area contributed by atoms with Gasteiger partial charge in [0.05, 0.1) is 5.56 Å². The first kappa shape index (κ1) is 13.0. The molecule has 2 atom stereocenters. The second-order valence-corrected chi connectivity index (χ2v) is 5.07. The second-order valence-electron chi connectivity index (χ2n) is 5.07. The van der Waals surface area contributed by atoms with Gasteiger partial charge >= 0.3 is 0 Å². The van der Waals surface area contributed by atoms with Crippen molar-refractivity contribution in [3.63, 3.8) is 0 Å². The molecule has 98 valence electrons. The fourth-order valence-corrected chi connectivity index (χ4v) is 2.57. The van der Waals surface area contributed by atoms with E-state index in [9.17, 15) is 9.18 Å². The predicted octanol–water partition coefficient (Wildman–Crippen LogP) is 2.78. The zero-order chi connectivity index (χ0) is 13.0. The average Bonchev–Trinajstić information content (AvgIpc) is 2.38. The maximum atomic E-state index is 13.3. The molecule has 1 saturated carbocycles.